The fourth-order valence-electron chi connectivity index (χ4n) is 2.61. The Kier molecular flexibility index (Phi) is 4.11. The van der Waals surface area contributed by atoms with Gasteiger partial charge in [-0.3, -0.25) is 4.98 Å². The van der Waals surface area contributed by atoms with Crippen LogP contribution in [-0.4, -0.2) is 41.1 Å². The molecule has 0 saturated carbocycles. The Labute approximate surface area is 130 Å². The average Bonchev–Trinajstić information content (AvgIpc) is 2.51. The molecule has 116 valence electrons. The zero-order valence-corrected chi connectivity index (χ0v) is 12.7. The topological polar surface area (TPSA) is 90.3 Å². The van der Waals surface area contributed by atoms with Crippen molar-refractivity contribution < 1.29 is 4.74 Å². The summed E-state index contributed by atoms with van der Waals surface area (Å²) >= 11 is 0. The minimum absolute atomic E-state index is 0.270. The van der Waals surface area contributed by atoms with Crippen LogP contribution in [0.15, 0.2) is 30.6 Å². The molecule has 0 aliphatic carbocycles. The molecule has 4 N–H and O–H groups in total. The highest BCUT2D eigenvalue weighted by Crippen LogP contribution is 2.26. The number of hydrogen-bond acceptors (Lipinski definition) is 6. The molecule has 0 atom stereocenters. The summed E-state index contributed by atoms with van der Waals surface area (Å²) in [5.74, 6) is 1.20. The molecule has 0 aromatic carbocycles. The second kappa shape index (κ2) is 6.19. The zero-order valence-electron chi connectivity index (χ0n) is 12.7. The van der Waals surface area contributed by atoms with Gasteiger partial charge in [-0.1, -0.05) is 0 Å². The molecule has 0 bridgehead atoms. The number of nitrogens with two attached hydrogens (primary N) is 2. The van der Waals surface area contributed by atoms with Gasteiger partial charge in [-0.2, -0.15) is 0 Å². The van der Waals surface area contributed by atoms with E-state index < -0.39 is 0 Å². The van der Waals surface area contributed by atoms with Gasteiger partial charge in [0, 0.05) is 36.6 Å². The normalized spacial score (nSPS) is 16.6. The van der Waals surface area contributed by atoms with Gasteiger partial charge >= 0.3 is 0 Å². The lowest BCUT2D eigenvalue weighted by atomic mass is 10.1. The highest BCUT2D eigenvalue weighted by molar-refractivity contribution is 5.74. The van der Waals surface area contributed by atoms with Crippen molar-refractivity contribution in [3.8, 4) is 17.0 Å². The van der Waals surface area contributed by atoms with Gasteiger partial charge in [-0.15, -0.1) is 0 Å². The second-order valence-electron chi connectivity index (χ2n) is 5.70. The van der Waals surface area contributed by atoms with Crippen LogP contribution >= 0.6 is 0 Å². The highest BCUT2D eigenvalue weighted by Gasteiger charge is 2.18. The largest absolute Gasteiger partial charge is 0.489 e. The number of piperidine rings is 1. The monoisotopic (exact) mass is 299 g/mol. The first-order valence-electron chi connectivity index (χ1n) is 7.44. The summed E-state index contributed by atoms with van der Waals surface area (Å²) in [6, 6.07) is 5.46. The van der Waals surface area contributed by atoms with Crippen LogP contribution in [-0.2, 0) is 0 Å². The molecule has 1 aliphatic rings. The summed E-state index contributed by atoms with van der Waals surface area (Å²) in [4.78, 5) is 10.8. The maximum absolute atomic E-state index is 5.99. The first-order chi connectivity index (χ1) is 10.6. The average molecular weight is 299 g/mol. The van der Waals surface area contributed by atoms with E-state index in [1.165, 1.54) is 0 Å². The van der Waals surface area contributed by atoms with E-state index in [-0.39, 0.29) is 6.10 Å². The number of hydrogen-bond donors (Lipinski definition) is 2. The molecule has 1 saturated heterocycles. The Hall–Kier alpha value is -2.34. The van der Waals surface area contributed by atoms with Gasteiger partial charge in [0.05, 0.1) is 11.9 Å². The van der Waals surface area contributed by atoms with Crippen molar-refractivity contribution in [2.75, 3.05) is 31.6 Å². The fourth-order valence-corrected chi connectivity index (χ4v) is 2.61. The first kappa shape index (κ1) is 14.6. The Morgan fingerprint density at radius 1 is 1.14 bits per heavy atom. The molecule has 1 fully saturated rings. The van der Waals surface area contributed by atoms with Gasteiger partial charge in [-0.25, -0.2) is 4.98 Å². The van der Waals surface area contributed by atoms with Crippen LogP contribution in [0.2, 0.25) is 0 Å². The van der Waals surface area contributed by atoms with Gasteiger partial charge < -0.3 is 21.1 Å². The number of ether oxygens (including phenoxy) is 1. The van der Waals surface area contributed by atoms with Gasteiger partial charge in [0.2, 0.25) is 0 Å². The van der Waals surface area contributed by atoms with Crippen LogP contribution in [0.3, 0.4) is 0 Å². The summed E-state index contributed by atoms with van der Waals surface area (Å²) in [6.07, 6.45) is 5.75. The quantitative estimate of drug-likeness (QED) is 0.898. The number of rotatable bonds is 3. The number of pyridine rings is 2. The van der Waals surface area contributed by atoms with Crippen LogP contribution in [0, 0.1) is 0 Å². The summed E-state index contributed by atoms with van der Waals surface area (Å²) in [6.45, 7) is 2.15. The van der Waals surface area contributed by atoms with Crippen molar-refractivity contribution in [3.05, 3.63) is 30.6 Å². The number of aromatic nitrogens is 2. The minimum atomic E-state index is 0.270. The molecule has 0 amide bonds. The predicted octanol–water partition coefficient (Wildman–Crippen LogP) is 1.78. The van der Waals surface area contributed by atoms with E-state index in [4.69, 9.17) is 16.2 Å². The lowest BCUT2D eigenvalue weighted by Crippen LogP contribution is -2.35. The summed E-state index contributed by atoms with van der Waals surface area (Å²) in [5.41, 5.74) is 13.7. The van der Waals surface area contributed by atoms with Gasteiger partial charge in [0.25, 0.3) is 0 Å². The third kappa shape index (κ3) is 3.28. The molecular weight excluding hydrogens is 278 g/mol. The number of nitrogen functional groups attached to an aromatic ring is 2. The van der Waals surface area contributed by atoms with Gasteiger partial charge in [-0.05, 0) is 32.0 Å². The SMILES string of the molecule is CN1CCC(Oc2ccc(-c3cnc(N)cc3N)nc2)CC1. The Morgan fingerprint density at radius 2 is 1.91 bits per heavy atom. The lowest BCUT2D eigenvalue weighted by molar-refractivity contribution is 0.114. The predicted molar refractivity (Wildman–Crippen MR) is 87.4 cm³/mol. The second-order valence-corrected chi connectivity index (χ2v) is 5.70. The Balaban J connectivity index is 1.70. The molecular formula is C16H21N5O. The highest BCUT2D eigenvalue weighted by atomic mass is 16.5. The Bertz CT molecular complexity index is 635. The number of anilines is 2. The van der Waals surface area contributed by atoms with Gasteiger partial charge in [0.15, 0.2) is 0 Å². The lowest BCUT2D eigenvalue weighted by Gasteiger charge is -2.29. The summed E-state index contributed by atoms with van der Waals surface area (Å²) < 4.78 is 5.99. The number of likely N-dealkylation sites (tertiary alicyclic amines) is 1. The van der Waals surface area contributed by atoms with Crippen LogP contribution in [0.4, 0.5) is 11.5 Å². The molecule has 1 aliphatic heterocycles. The van der Waals surface area contributed by atoms with Crippen LogP contribution in [0.25, 0.3) is 11.3 Å². The van der Waals surface area contributed by atoms with Crippen molar-refractivity contribution in [2.45, 2.75) is 18.9 Å². The third-order valence-corrected chi connectivity index (χ3v) is 3.94. The summed E-state index contributed by atoms with van der Waals surface area (Å²) in [5, 5.41) is 0. The third-order valence-electron chi connectivity index (χ3n) is 3.94. The van der Waals surface area contributed by atoms with E-state index >= 15 is 0 Å². The maximum atomic E-state index is 5.99. The smallest absolute Gasteiger partial charge is 0.138 e. The molecule has 2 aromatic rings. The van der Waals surface area contributed by atoms with E-state index in [0.717, 1.165) is 42.9 Å². The van der Waals surface area contributed by atoms with Crippen molar-refractivity contribution in [2.24, 2.45) is 0 Å². The van der Waals surface area contributed by atoms with E-state index in [0.29, 0.717) is 11.5 Å². The molecule has 0 radical (unpaired) electrons. The molecule has 0 unspecified atom stereocenters. The molecule has 0 spiro atoms. The molecule has 2 aromatic heterocycles. The Morgan fingerprint density at radius 3 is 2.55 bits per heavy atom. The zero-order chi connectivity index (χ0) is 15.5. The van der Waals surface area contributed by atoms with Crippen LogP contribution in [0.1, 0.15) is 12.8 Å². The molecule has 3 rings (SSSR count). The van der Waals surface area contributed by atoms with Crippen LogP contribution < -0.4 is 16.2 Å². The van der Waals surface area contributed by atoms with E-state index in [1.54, 1.807) is 18.5 Å². The molecule has 22 heavy (non-hydrogen) atoms. The summed E-state index contributed by atoms with van der Waals surface area (Å²) in [7, 11) is 2.14. The molecule has 3 heterocycles. The van der Waals surface area contributed by atoms with Crippen LogP contribution in [0.5, 0.6) is 5.75 Å². The molecule has 6 nitrogen and oxygen atoms in total. The minimum Gasteiger partial charge on any atom is -0.489 e. The first-order valence-corrected chi connectivity index (χ1v) is 7.44. The van der Waals surface area contributed by atoms with E-state index in [1.807, 2.05) is 12.1 Å². The van der Waals surface area contributed by atoms with Crippen molar-refractivity contribution >= 4 is 11.5 Å². The van der Waals surface area contributed by atoms with E-state index in [9.17, 15) is 0 Å². The maximum Gasteiger partial charge on any atom is 0.138 e. The fraction of sp³-hybridized carbons (Fsp3) is 0.375. The molecule has 6 heteroatoms. The van der Waals surface area contributed by atoms with Crippen molar-refractivity contribution in [3.63, 3.8) is 0 Å². The standard InChI is InChI=1S/C16H21N5O/c1-21-6-4-11(5-7-21)22-12-2-3-15(19-9-12)13-10-20-16(18)8-14(13)17/h2-3,8-11H,4-7H2,1H3,(H4,17,18,20). The van der Waals surface area contributed by atoms with Crippen molar-refractivity contribution in [1.29, 1.82) is 0 Å². The van der Waals surface area contributed by atoms with Crippen molar-refractivity contribution in [1.82, 2.24) is 14.9 Å². The van der Waals surface area contributed by atoms with Gasteiger partial charge in [0.1, 0.15) is 17.7 Å². The number of nitrogens with zero attached hydrogens (tertiary/aromatic N) is 3. The van der Waals surface area contributed by atoms with E-state index in [2.05, 4.69) is 21.9 Å².